The summed E-state index contributed by atoms with van der Waals surface area (Å²) < 4.78 is 2.07. The van der Waals surface area contributed by atoms with E-state index in [4.69, 9.17) is 10.6 Å². The van der Waals surface area contributed by atoms with Crippen molar-refractivity contribution < 1.29 is 28.9 Å². The number of nitrogens with zero attached hydrogens (tertiary/aromatic N) is 4. The van der Waals surface area contributed by atoms with Gasteiger partial charge in [-0.25, -0.2) is 4.98 Å². The molecule has 5 rings (SSSR count). The number of aromatic nitrogens is 2. The number of nitrogens with one attached hydrogen (secondary N) is 1. The molecule has 0 unspecified atom stereocenters. The normalized spacial score (nSPS) is 21.7. The van der Waals surface area contributed by atoms with E-state index < -0.39 is 29.2 Å². The Morgan fingerprint density at radius 1 is 1.41 bits per heavy atom. The monoisotopic (exact) mass is 520 g/mol. The fraction of sp³-hybridized carbons (Fsp3) is 0.400. The molecule has 1 saturated heterocycles. The topological polar surface area (TPSA) is 154 Å². The second-order valence-corrected chi connectivity index (χ2v) is 10.8. The van der Waals surface area contributed by atoms with Gasteiger partial charge < -0.3 is 25.8 Å². The van der Waals surface area contributed by atoms with Gasteiger partial charge in [0, 0.05) is 23.1 Å². The van der Waals surface area contributed by atoms with E-state index in [1.165, 1.54) is 34.3 Å². The molecule has 2 atom stereocenters. The Balaban J connectivity index is 1.35. The highest BCUT2D eigenvalue weighted by Gasteiger charge is 2.53. The molecule has 0 spiro atoms. The number of carbonyl (C=O) groups is 3. The van der Waals surface area contributed by atoms with Crippen molar-refractivity contribution in [3.05, 3.63) is 38.4 Å². The first-order valence-corrected chi connectivity index (χ1v) is 13.2. The first kappa shape index (κ1) is 22.8. The van der Waals surface area contributed by atoms with Crippen LogP contribution in [-0.2, 0) is 38.6 Å². The van der Waals surface area contributed by atoms with Gasteiger partial charge in [0.05, 0.1) is 16.5 Å². The van der Waals surface area contributed by atoms with Gasteiger partial charge in [0.15, 0.2) is 23.1 Å². The molecule has 0 radical (unpaired) electrons. The summed E-state index contributed by atoms with van der Waals surface area (Å²) >= 11 is 4.22. The Kier molecular flexibility index (Phi) is 6.04. The van der Waals surface area contributed by atoms with Gasteiger partial charge in [-0.3, -0.25) is 14.5 Å². The molecule has 2 aromatic heterocycles. The average Bonchev–Trinajstić information content (AvgIpc) is 3.54. The highest BCUT2D eigenvalue weighted by atomic mass is 32.2. The molecule has 14 heteroatoms. The van der Waals surface area contributed by atoms with Crippen molar-refractivity contribution in [2.45, 2.75) is 37.2 Å². The van der Waals surface area contributed by atoms with Crippen LogP contribution >= 0.6 is 34.4 Å². The van der Waals surface area contributed by atoms with Crippen LogP contribution in [0.3, 0.4) is 0 Å². The van der Waals surface area contributed by atoms with Gasteiger partial charge in [-0.05, 0) is 12.8 Å². The van der Waals surface area contributed by atoms with Crippen molar-refractivity contribution in [2.24, 2.45) is 5.16 Å². The van der Waals surface area contributed by atoms with Crippen LogP contribution in [0, 0.1) is 0 Å². The van der Waals surface area contributed by atoms with Crippen LogP contribution in [0.4, 0.5) is 5.13 Å². The summed E-state index contributed by atoms with van der Waals surface area (Å²) in [5.74, 6) is -2.17. The summed E-state index contributed by atoms with van der Waals surface area (Å²) in [6.07, 6.45) is 3.11. The van der Waals surface area contributed by atoms with Gasteiger partial charge in [-0.1, -0.05) is 16.5 Å². The third kappa shape index (κ3) is 3.84. The highest BCUT2D eigenvalue weighted by molar-refractivity contribution is 8.00. The number of fused-ring (bicyclic) bond motifs is 2. The minimum Gasteiger partial charge on any atom is -0.543 e. The molecule has 3 N–H and O–H groups in total. The summed E-state index contributed by atoms with van der Waals surface area (Å²) in [7, 11) is 1.29. The third-order valence-electron chi connectivity index (χ3n) is 5.86. The number of carboxylic acid groups (broad SMARTS) is 1. The van der Waals surface area contributed by atoms with Crippen molar-refractivity contribution in [1.82, 2.24) is 15.2 Å². The Labute approximate surface area is 206 Å². The number of nitrogens with two attached hydrogens (primary N) is 1. The molecule has 0 saturated carbocycles. The summed E-state index contributed by atoms with van der Waals surface area (Å²) in [4.78, 5) is 49.2. The molecule has 2 aromatic rings. The summed E-state index contributed by atoms with van der Waals surface area (Å²) in [5, 5.41) is 19.7. The minimum atomic E-state index is -1.40. The van der Waals surface area contributed by atoms with E-state index >= 15 is 0 Å². The van der Waals surface area contributed by atoms with Gasteiger partial charge in [-0.2, -0.15) is 4.57 Å². The maximum Gasteiger partial charge on any atom is 0.276 e. The lowest BCUT2D eigenvalue weighted by Crippen LogP contribution is -2.71. The first-order chi connectivity index (χ1) is 16.4. The molecule has 2 amide bonds. The highest BCUT2D eigenvalue weighted by Crippen LogP contribution is 2.40. The maximum absolute atomic E-state index is 13.0. The molecule has 1 fully saturated rings. The number of nitrogen functional groups attached to an aromatic ring is 1. The summed E-state index contributed by atoms with van der Waals surface area (Å²) in [5.41, 5.74) is 9.49. The SMILES string of the molecule is CO/N=C(\C(=O)N[C@@H]1C(=O)N2C(C(=O)[O-])=C(C[n+]3csc4c3CCC4)CS[C@H]12)c1csc(N)n1. The van der Waals surface area contributed by atoms with Crippen molar-refractivity contribution in [2.75, 3.05) is 18.6 Å². The lowest BCUT2D eigenvalue weighted by molar-refractivity contribution is -0.691. The molecule has 178 valence electrons. The van der Waals surface area contributed by atoms with Gasteiger partial charge in [0.1, 0.15) is 24.2 Å². The number of hydrogen-bond donors (Lipinski definition) is 2. The fourth-order valence-electron chi connectivity index (χ4n) is 4.36. The number of thiazole rings is 2. The Morgan fingerprint density at radius 3 is 2.94 bits per heavy atom. The zero-order chi connectivity index (χ0) is 24.0. The van der Waals surface area contributed by atoms with Crippen LogP contribution in [-0.4, -0.2) is 57.7 Å². The third-order valence-corrected chi connectivity index (χ3v) is 8.96. The predicted molar refractivity (Wildman–Crippen MR) is 124 cm³/mol. The number of anilines is 1. The largest absolute Gasteiger partial charge is 0.543 e. The van der Waals surface area contributed by atoms with Gasteiger partial charge in [0.2, 0.25) is 5.51 Å². The number of aryl methyl sites for hydroxylation is 1. The summed E-state index contributed by atoms with van der Waals surface area (Å²) in [6, 6.07) is -0.913. The second-order valence-electron chi connectivity index (χ2n) is 7.87. The van der Waals surface area contributed by atoms with Crippen LogP contribution in [0.1, 0.15) is 22.7 Å². The molecule has 1 aliphatic carbocycles. The Bertz CT molecular complexity index is 1250. The number of carbonyl (C=O) groups excluding carboxylic acids is 3. The van der Waals surface area contributed by atoms with E-state index in [1.54, 1.807) is 16.7 Å². The lowest BCUT2D eigenvalue weighted by atomic mass is 10.0. The number of carboxylic acids is 1. The zero-order valence-corrected chi connectivity index (χ0v) is 20.4. The maximum atomic E-state index is 13.0. The number of rotatable bonds is 7. The molecule has 34 heavy (non-hydrogen) atoms. The van der Waals surface area contributed by atoms with Crippen molar-refractivity contribution >= 4 is 63.1 Å². The average molecular weight is 521 g/mol. The second kappa shape index (κ2) is 9.00. The van der Waals surface area contributed by atoms with Crippen LogP contribution in [0.2, 0.25) is 0 Å². The fourth-order valence-corrected chi connectivity index (χ4v) is 7.31. The molecule has 11 nitrogen and oxygen atoms in total. The van der Waals surface area contributed by atoms with E-state index in [-0.39, 0.29) is 22.2 Å². The summed E-state index contributed by atoms with van der Waals surface area (Å²) in [6.45, 7) is 0.394. The van der Waals surface area contributed by atoms with E-state index in [2.05, 4.69) is 20.0 Å². The van der Waals surface area contributed by atoms with Gasteiger partial charge in [0.25, 0.3) is 11.8 Å². The van der Waals surface area contributed by atoms with Crippen molar-refractivity contribution in [1.29, 1.82) is 0 Å². The minimum absolute atomic E-state index is 0.109. The lowest BCUT2D eigenvalue weighted by Gasteiger charge is -2.50. The molecule has 0 bridgehead atoms. The van der Waals surface area contributed by atoms with Crippen LogP contribution in [0.25, 0.3) is 0 Å². The predicted octanol–water partition coefficient (Wildman–Crippen LogP) is -0.982. The standard InChI is InChI=1S/C20H20N6O5S3/c1-31-24-13(10-7-33-20(21)22-10)16(27)23-14-17(28)26-15(19(29)30)9(6-32-18(14)26)5-25-8-34-12-4-2-3-11(12)25/h7-8,14,18H,2-6H2,1H3,(H3-,21,22,23,27,29,30)/b24-13-/t14-,18-/m1/s1. The van der Waals surface area contributed by atoms with Crippen LogP contribution in [0.15, 0.2) is 27.3 Å². The Morgan fingerprint density at radius 2 is 2.24 bits per heavy atom. The number of β-lactam (4-membered cyclic amide) rings is 1. The molecular formula is C20H20N6O5S3. The van der Waals surface area contributed by atoms with E-state index in [0.29, 0.717) is 17.9 Å². The Hall–Kier alpha value is -2.97. The molecular weight excluding hydrogens is 500 g/mol. The van der Waals surface area contributed by atoms with Gasteiger partial charge >= 0.3 is 0 Å². The number of amides is 2. The smallest absolute Gasteiger partial charge is 0.276 e. The van der Waals surface area contributed by atoms with Crippen LogP contribution < -0.4 is 20.7 Å². The van der Waals surface area contributed by atoms with E-state index in [9.17, 15) is 19.5 Å². The quantitative estimate of drug-likeness (QED) is 0.204. The van der Waals surface area contributed by atoms with E-state index in [0.717, 1.165) is 30.6 Å². The molecule has 4 heterocycles. The molecule has 0 aromatic carbocycles. The molecule has 2 aliphatic heterocycles. The number of oxime groups is 1. The van der Waals surface area contributed by atoms with E-state index in [1.807, 2.05) is 5.51 Å². The number of aliphatic carboxylic acids is 1. The molecule has 3 aliphatic rings. The number of thioether (sulfide) groups is 1. The number of hydrogen-bond acceptors (Lipinski definition) is 11. The van der Waals surface area contributed by atoms with Crippen molar-refractivity contribution in [3.8, 4) is 0 Å². The van der Waals surface area contributed by atoms with Crippen LogP contribution in [0.5, 0.6) is 0 Å². The zero-order valence-electron chi connectivity index (χ0n) is 18.0. The van der Waals surface area contributed by atoms with Crippen molar-refractivity contribution in [3.63, 3.8) is 0 Å². The first-order valence-electron chi connectivity index (χ1n) is 10.4. The van der Waals surface area contributed by atoms with Gasteiger partial charge in [-0.15, -0.1) is 23.1 Å².